The molecule has 3 rings (SSSR count). The van der Waals surface area contributed by atoms with E-state index in [1.54, 1.807) is 23.9 Å². The zero-order chi connectivity index (χ0) is 18.0. The Balaban J connectivity index is 1.58. The molecule has 2 heterocycles. The molecule has 2 N–H and O–H groups in total. The molecule has 0 saturated carbocycles. The van der Waals surface area contributed by atoms with E-state index in [0.717, 1.165) is 16.4 Å². The number of rotatable bonds is 5. The molecule has 2 fully saturated rings. The van der Waals surface area contributed by atoms with Crippen molar-refractivity contribution in [3.8, 4) is 5.75 Å². The zero-order valence-corrected chi connectivity index (χ0v) is 15.7. The molecule has 9 heteroatoms. The van der Waals surface area contributed by atoms with Crippen LogP contribution in [-0.2, 0) is 4.79 Å². The van der Waals surface area contributed by atoms with Crippen LogP contribution < -0.4 is 10.1 Å². The van der Waals surface area contributed by atoms with E-state index in [9.17, 15) is 14.7 Å². The quantitative estimate of drug-likeness (QED) is 0.737. The third-order valence-corrected chi connectivity index (χ3v) is 5.83. The lowest BCUT2D eigenvalue weighted by Gasteiger charge is -2.30. The van der Waals surface area contributed by atoms with E-state index in [-0.39, 0.29) is 19.1 Å². The maximum Gasteiger partial charge on any atom is 0.325 e. The van der Waals surface area contributed by atoms with Gasteiger partial charge < -0.3 is 15.2 Å². The monoisotopic (exact) mass is 404 g/mol. The van der Waals surface area contributed by atoms with Crippen molar-refractivity contribution >= 4 is 46.9 Å². The summed E-state index contributed by atoms with van der Waals surface area (Å²) in [6.45, 7) is -0.216. The van der Waals surface area contributed by atoms with Crippen LogP contribution in [0, 0.1) is 0 Å². The standard InChI is InChI=1S/C16H18Cl2N2O4S/c17-10-1-2-13(12(18)7-10)24-9-11(21)8-20-14(22)16(19-15(20)23)3-5-25-6-4-16/h1-2,7,11,21H,3-6,8-9H2,(H,19,23)/t11-/m0/s1. The summed E-state index contributed by atoms with van der Waals surface area (Å²) in [7, 11) is 0. The molecule has 3 amide bonds. The second-order valence-corrected chi connectivity index (χ2v) is 8.15. The molecule has 2 aliphatic heterocycles. The number of aliphatic hydroxyl groups is 1. The molecule has 6 nitrogen and oxygen atoms in total. The van der Waals surface area contributed by atoms with Crippen LogP contribution >= 0.6 is 35.0 Å². The normalized spacial score (nSPS) is 20.7. The van der Waals surface area contributed by atoms with Crippen LogP contribution in [0.1, 0.15) is 12.8 Å². The Bertz CT molecular complexity index is 682. The Morgan fingerprint density at radius 3 is 2.72 bits per heavy atom. The SMILES string of the molecule is O=C1NC2(CCSCC2)C(=O)N1C[C@H](O)COc1ccc(Cl)cc1Cl. The number of aliphatic hydroxyl groups excluding tert-OH is 1. The average molecular weight is 405 g/mol. The number of urea groups is 1. The Labute approximate surface area is 159 Å². The predicted octanol–water partition coefficient (Wildman–Crippen LogP) is 2.55. The van der Waals surface area contributed by atoms with Crippen LogP contribution in [0.15, 0.2) is 18.2 Å². The van der Waals surface area contributed by atoms with Crippen molar-refractivity contribution in [2.45, 2.75) is 24.5 Å². The summed E-state index contributed by atoms with van der Waals surface area (Å²) in [6.07, 6.45) is 0.215. The molecule has 0 aromatic heterocycles. The van der Waals surface area contributed by atoms with Gasteiger partial charge in [0.1, 0.15) is 24.0 Å². The van der Waals surface area contributed by atoms with Crippen molar-refractivity contribution in [1.82, 2.24) is 10.2 Å². The first-order chi connectivity index (χ1) is 11.9. The Morgan fingerprint density at radius 1 is 1.32 bits per heavy atom. The number of nitrogens with zero attached hydrogens (tertiary/aromatic N) is 1. The maximum absolute atomic E-state index is 12.6. The average Bonchev–Trinajstić information content (AvgIpc) is 2.79. The molecule has 0 aliphatic carbocycles. The van der Waals surface area contributed by atoms with Crippen molar-refractivity contribution in [2.75, 3.05) is 24.7 Å². The van der Waals surface area contributed by atoms with E-state index in [1.165, 1.54) is 6.07 Å². The fraction of sp³-hybridized carbons (Fsp3) is 0.500. The van der Waals surface area contributed by atoms with Crippen molar-refractivity contribution < 1.29 is 19.4 Å². The molecule has 1 atom stereocenters. The lowest BCUT2D eigenvalue weighted by molar-refractivity contribution is -0.132. The highest BCUT2D eigenvalue weighted by Crippen LogP contribution is 2.33. The number of amides is 3. The summed E-state index contributed by atoms with van der Waals surface area (Å²) in [4.78, 5) is 25.9. The third-order valence-electron chi connectivity index (χ3n) is 4.31. The van der Waals surface area contributed by atoms with E-state index >= 15 is 0 Å². The Morgan fingerprint density at radius 2 is 2.04 bits per heavy atom. The number of halogens is 2. The Kier molecular flexibility index (Phi) is 5.68. The van der Waals surface area contributed by atoms with Gasteiger partial charge in [-0.1, -0.05) is 23.2 Å². The maximum atomic E-state index is 12.6. The van der Waals surface area contributed by atoms with Crippen LogP contribution in [0.25, 0.3) is 0 Å². The largest absolute Gasteiger partial charge is 0.489 e. The van der Waals surface area contributed by atoms with E-state index in [1.807, 2.05) is 0 Å². The molecule has 2 aliphatic rings. The lowest BCUT2D eigenvalue weighted by Crippen LogP contribution is -2.50. The molecule has 0 bridgehead atoms. The molecular formula is C16H18Cl2N2O4S. The number of benzene rings is 1. The van der Waals surface area contributed by atoms with Crippen molar-refractivity contribution in [2.24, 2.45) is 0 Å². The molecule has 1 spiro atoms. The first-order valence-electron chi connectivity index (χ1n) is 7.89. The second-order valence-electron chi connectivity index (χ2n) is 6.08. The van der Waals surface area contributed by atoms with Crippen LogP contribution in [-0.4, -0.2) is 58.2 Å². The number of hydrogen-bond donors (Lipinski definition) is 2. The van der Waals surface area contributed by atoms with Gasteiger partial charge in [0.2, 0.25) is 0 Å². The fourth-order valence-corrected chi connectivity index (χ4v) is 4.60. The molecular weight excluding hydrogens is 387 g/mol. The van der Waals surface area contributed by atoms with E-state index in [2.05, 4.69) is 5.32 Å². The summed E-state index contributed by atoms with van der Waals surface area (Å²) in [5, 5.41) is 13.8. The molecule has 0 radical (unpaired) electrons. The van der Waals surface area contributed by atoms with Gasteiger partial charge in [-0.2, -0.15) is 11.8 Å². The van der Waals surface area contributed by atoms with Crippen LogP contribution in [0.4, 0.5) is 4.79 Å². The van der Waals surface area contributed by atoms with Gasteiger partial charge in [-0.25, -0.2) is 4.79 Å². The van der Waals surface area contributed by atoms with Gasteiger partial charge in [-0.15, -0.1) is 0 Å². The highest BCUT2D eigenvalue weighted by atomic mass is 35.5. The van der Waals surface area contributed by atoms with Crippen LogP contribution in [0.2, 0.25) is 10.0 Å². The number of carbonyl (C=O) groups excluding carboxylic acids is 2. The minimum Gasteiger partial charge on any atom is -0.489 e. The Hall–Kier alpha value is -1.15. The van der Waals surface area contributed by atoms with Gasteiger partial charge in [-0.05, 0) is 42.5 Å². The molecule has 136 valence electrons. The summed E-state index contributed by atoms with van der Waals surface area (Å²) >= 11 is 13.6. The van der Waals surface area contributed by atoms with Crippen molar-refractivity contribution in [3.05, 3.63) is 28.2 Å². The van der Waals surface area contributed by atoms with Gasteiger partial charge in [0.15, 0.2) is 0 Å². The van der Waals surface area contributed by atoms with E-state index in [0.29, 0.717) is 28.6 Å². The van der Waals surface area contributed by atoms with Gasteiger partial charge in [-0.3, -0.25) is 9.69 Å². The molecule has 2 saturated heterocycles. The minimum atomic E-state index is -1.02. The number of carbonyl (C=O) groups is 2. The van der Waals surface area contributed by atoms with E-state index < -0.39 is 17.7 Å². The van der Waals surface area contributed by atoms with Gasteiger partial charge >= 0.3 is 6.03 Å². The lowest BCUT2D eigenvalue weighted by atomic mass is 9.92. The topological polar surface area (TPSA) is 78.9 Å². The predicted molar refractivity (Wildman–Crippen MR) is 97.5 cm³/mol. The molecule has 0 unspecified atom stereocenters. The smallest absolute Gasteiger partial charge is 0.325 e. The van der Waals surface area contributed by atoms with E-state index in [4.69, 9.17) is 27.9 Å². The summed E-state index contributed by atoms with van der Waals surface area (Å²) in [6, 6.07) is 4.30. The highest BCUT2D eigenvalue weighted by Gasteiger charge is 2.51. The number of thioether (sulfide) groups is 1. The summed E-state index contributed by atoms with van der Waals surface area (Å²) < 4.78 is 5.46. The zero-order valence-electron chi connectivity index (χ0n) is 13.3. The second kappa shape index (κ2) is 7.61. The highest BCUT2D eigenvalue weighted by molar-refractivity contribution is 7.99. The van der Waals surface area contributed by atoms with Crippen molar-refractivity contribution in [1.29, 1.82) is 0 Å². The number of hydrogen-bond acceptors (Lipinski definition) is 5. The van der Waals surface area contributed by atoms with Gasteiger partial charge in [0.05, 0.1) is 11.6 Å². The number of imide groups is 1. The third kappa shape index (κ3) is 4.00. The van der Waals surface area contributed by atoms with Crippen molar-refractivity contribution in [3.63, 3.8) is 0 Å². The molecule has 25 heavy (non-hydrogen) atoms. The number of β-amino-alcohol motifs (C(OH)–C–C–N with tert-alkyl or cyclic N) is 1. The van der Waals surface area contributed by atoms with Gasteiger partial charge in [0, 0.05) is 5.02 Å². The minimum absolute atomic E-state index is 0.0960. The first kappa shape index (κ1) is 18.6. The number of ether oxygens (including phenoxy) is 1. The fourth-order valence-electron chi connectivity index (χ4n) is 2.94. The number of nitrogens with one attached hydrogen (secondary N) is 1. The molecule has 1 aromatic carbocycles. The summed E-state index contributed by atoms with van der Waals surface area (Å²) in [5.74, 6) is 1.78. The van der Waals surface area contributed by atoms with Gasteiger partial charge in [0.25, 0.3) is 5.91 Å². The summed E-state index contributed by atoms with van der Waals surface area (Å²) in [5.41, 5.74) is -0.803. The van der Waals surface area contributed by atoms with Crippen LogP contribution in [0.5, 0.6) is 5.75 Å². The van der Waals surface area contributed by atoms with Crippen LogP contribution in [0.3, 0.4) is 0 Å². The molecule has 1 aromatic rings. The first-order valence-corrected chi connectivity index (χ1v) is 9.80.